The molecule has 1 saturated carbocycles. The van der Waals surface area contributed by atoms with E-state index in [9.17, 15) is 0 Å². The zero-order valence-corrected chi connectivity index (χ0v) is 9.56. The molecule has 76 valence electrons. The van der Waals surface area contributed by atoms with Crippen molar-refractivity contribution in [3.63, 3.8) is 0 Å². The molecule has 0 aromatic heterocycles. The van der Waals surface area contributed by atoms with E-state index in [1.807, 2.05) is 0 Å². The highest BCUT2D eigenvalue weighted by atomic mass is 15.2. The van der Waals surface area contributed by atoms with Gasteiger partial charge in [0.2, 0.25) is 0 Å². The first-order valence-electron chi connectivity index (χ1n) is 5.68. The highest BCUT2D eigenvalue weighted by molar-refractivity contribution is 5.09. The fourth-order valence-corrected chi connectivity index (χ4v) is 3.65. The molecular formula is C12H23N. The number of rotatable bonds is 0. The minimum absolute atomic E-state index is 0.511. The molecule has 1 heteroatoms. The van der Waals surface area contributed by atoms with Crippen molar-refractivity contribution in [3.05, 3.63) is 0 Å². The lowest BCUT2D eigenvalue weighted by atomic mass is 9.55. The van der Waals surface area contributed by atoms with Crippen molar-refractivity contribution in [2.24, 2.45) is 11.3 Å². The predicted octanol–water partition coefficient (Wildman–Crippen LogP) is 2.91. The summed E-state index contributed by atoms with van der Waals surface area (Å²) in [6.45, 7) is 8.55. The van der Waals surface area contributed by atoms with Crippen molar-refractivity contribution < 1.29 is 0 Å². The van der Waals surface area contributed by atoms with Crippen LogP contribution in [0.2, 0.25) is 0 Å². The van der Waals surface area contributed by atoms with Gasteiger partial charge in [-0.2, -0.15) is 0 Å². The van der Waals surface area contributed by atoms with Crippen molar-refractivity contribution in [2.45, 2.75) is 52.0 Å². The van der Waals surface area contributed by atoms with Gasteiger partial charge >= 0.3 is 0 Å². The quantitative estimate of drug-likeness (QED) is 0.555. The molecule has 1 heterocycles. The van der Waals surface area contributed by atoms with Crippen LogP contribution in [0.5, 0.6) is 0 Å². The normalized spacial score (nSPS) is 41.1. The molecule has 1 nitrogen and oxygen atoms in total. The Morgan fingerprint density at radius 3 is 2.23 bits per heavy atom. The van der Waals surface area contributed by atoms with E-state index in [0.29, 0.717) is 11.0 Å². The average Bonchev–Trinajstić information content (AvgIpc) is 2.26. The summed E-state index contributed by atoms with van der Waals surface area (Å²) in [5.74, 6) is 0.937. The van der Waals surface area contributed by atoms with Gasteiger partial charge in [-0.05, 0) is 50.6 Å². The smallest absolute Gasteiger partial charge is 0.0240 e. The van der Waals surface area contributed by atoms with Gasteiger partial charge in [0.1, 0.15) is 0 Å². The first kappa shape index (κ1) is 9.51. The third kappa shape index (κ3) is 1.24. The molecule has 0 N–H and O–H groups in total. The number of nitrogens with zero attached hydrogens (tertiary/aromatic N) is 1. The van der Waals surface area contributed by atoms with Crippen molar-refractivity contribution >= 4 is 0 Å². The summed E-state index contributed by atoms with van der Waals surface area (Å²) >= 11 is 0. The van der Waals surface area contributed by atoms with E-state index in [0.717, 1.165) is 5.92 Å². The SMILES string of the molecule is CN1CCC[C@]12CCC2C(C)(C)C. The highest BCUT2D eigenvalue weighted by Crippen LogP contribution is 2.55. The van der Waals surface area contributed by atoms with E-state index in [4.69, 9.17) is 0 Å². The fraction of sp³-hybridized carbons (Fsp3) is 1.00. The lowest BCUT2D eigenvalue weighted by molar-refractivity contribution is -0.0574. The number of hydrogen-bond donors (Lipinski definition) is 0. The van der Waals surface area contributed by atoms with Gasteiger partial charge in [-0.15, -0.1) is 0 Å². The largest absolute Gasteiger partial charge is 0.300 e. The van der Waals surface area contributed by atoms with E-state index >= 15 is 0 Å². The molecule has 0 aromatic carbocycles. The van der Waals surface area contributed by atoms with Crippen LogP contribution in [0.25, 0.3) is 0 Å². The summed E-state index contributed by atoms with van der Waals surface area (Å²) in [5, 5.41) is 0. The third-order valence-corrected chi connectivity index (χ3v) is 4.42. The van der Waals surface area contributed by atoms with Crippen LogP contribution in [0.4, 0.5) is 0 Å². The molecular weight excluding hydrogens is 158 g/mol. The summed E-state index contributed by atoms with van der Waals surface area (Å²) in [4.78, 5) is 2.63. The van der Waals surface area contributed by atoms with Gasteiger partial charge in [0.15, 0.2) is 0 Å². The molecule has 0 aromatic rings. The Morgan fingerprint density at radius 2 is 1.92 bits per heavy atom. The molecule has 13 heavy (non-hydrogen) atoms. The van der Waals surface area contributed by atoms with Crippen molar-refractivity contribution in [3.8, 4) is 0 Å². The number of hydrogen-bond acceptors (Lipinski definition) is 1. The van der Waals surface area contributed by atoms with E-state index in [1.165, 1.54) is 32.2 Å². The molecule has 2 rings (SSSR count). The van der Waals surface area contributed by atoms with Crippen molar-refractivity contribution in [1.29, 1.82) is 0 Å². The molecule has 2 aliphatic rings. The Bertz CT molecular complexity index is 204. The Balaban J connectivity index is 2.16. The Labute approximate surface area is 82.5 Å². The lowest BCUT2D eigenvalue weighted by Crippen LogP contribution is -2.59. The lowest BCUT2D eigenvalue weighted by Gasteiger charge is -2.57. The fourth-order valence-electron chi connectivity index (χ4n) is 3.65. The molecule has 2 fully saturated rings. The molecule has 0 radical (unpaired) electrons. The summed E-state index contributed by atoms with van der Waals surface area (Å²) in [6.07, 6.45) is 5.77. The maximum Gasteiger partial charge on any atom is 0.0240 e. The second-order valence-corrected chi connectivity index (χ2v) is 6.09. The topological polar surface area (TPSA) is 3.24 Å². The summed E-state index contributed by atoms with van der Waals surface area (Å²) in [7, 11) is 2.32. The molecule has 0 amide bonds. The van der Waals surface area contributed by atoms with Crippen LogP contribution in [-0.2, 0) is 0 Å². The highest BCUT2D eigenvalue weighted by Gasteiger charge is 2.55. The maximum absolute atomic E-state index is 2.63. The number of likely N-dealkylation sites (tertiary alicyclic amines) is 1. The van der Waals surface area contributed by atoms with Gasteiger partial charge in [0, 0.05) is 5.54 Å². The van der Waals surface area contributed by atoms with E-state index < -0.39 is 0 Å². The first-order valence-corrected chi connectivity index (χ1v) is 5.68. The molecule has 1 saturated heterocycles. The first-order chi connectivity index (χ1) is 5.97. The van der Waals surface area contributed by atoms with E-state index in [-0.39, 0.29) is 0 Å². The van der Waals surface area contributed by atoms with Crippen LogP contribution in [0.3, 0.4) is 0 Å². The summed E-state index contributed by atoms with van der Waals surface area (Å²) in [5.41, 5.74) is 1.12. The van der Waals surface area contributed by atoms with E-state index in [2.05, 4.69) is 32.7 Å². The summed E-state index contributed by atoms with van der Waals surface area (Å²) in [6, 6.07) is 0. The standard InChI is InChI=1S/C12H23N/c1-11(2,3)10-6-8-12(10)7-5-9-13(12)4/h10H,5-9H2,1-4H3/t10?,12-/m1/s1. The monoisotopic (exact) mass is 181 g/mol. The molecule has 1 unspecified atom stereocenters. The van der Waals surface area contributed by atoms with Gasteiger partial charge in [0.05, 0.1) is 0 Å². The Hall–Kier alpha value is -0.0400. The third-order valence-electron chi connectivity index (χ3n) is 4.42. The second kappa shape index (κ2) is 2.73. The predicted molar refractivity (Wildman–Crippen MR) is 56.8 cm³/mol. The van der Waals surface area contributed by atoms with Gasteiger partial charge < -0.3 is 4.90 Å². The Morgan fingerprint density at radius 1 is 1.23 bits per heavy atom. The van der Waals surface area contributed by atoms with Crippen LogP contribution >= 0.6 is 0 Å². The van der Waals surface area contributed by atoms with Gasteiger partial charge in [-0.1, -0.05) is 20.8 Å². The zero-order chi connectivity index (χ0) is 9.69. The molecule has 2 atom stereocenters. The molecule has 1 aliphatic heterocycles. The van der Waals surface area contributed by atoms with Gasteiger partial charge in [-0.25, -0.2) is 0 Å². The van der Waals surface area contributed by atoms with Gasteiger partial charge in [-0.3, -0.25) is 0 Å². The second-order valence-electron chi connectivity index (χ2n) is 6.09. The zero-order valence-electron chi connectivity index (χ0n) is 9.56. The van der Waals surface area contributed by atoms with Crippen LogP contribution < -0.4 is 0 Å². The van der Waals surface area contributed by atoms with Crippen LogP contribution in [0, 0.1) is 11.3 Å². The van der Waals surface area contributed by atoms with Crippen molar-refractivity contribution in [2.75, 3.05) is 13.6 Å². The van der Waals surface area contributed by atoms with E-state index in [1.54, 1.807) is 0 Å². The summed E-state index contributed by atoms with van der Waals surface area (Å²) < 4.78 is 0. The molecule has 1 spiro atoms. The maximum atomic E-state index is 2.63. The average molecular weight is 181 g/mol. The van der Waals surface area contributed by atoms with Crippen LogP contribution in [0.15, 0.2) is 0 Å². The molecule has 0 bridgehead atoms. The van der Waals surface area contributed by atoms with Crippen LogP contribution in [0.1, 0.15) is 46.5 Å². The van der Waals surface area contributed by atoms with Gasteiger partial charge in [0.25, 0.3) is 0 Å². The Kier molecular flexibility index (Phi) is 1.99. The van der Waals surface area contributed by atoms with Crippen LogP contribution in [-0.4, -0.2) is 24.0 Å². The minimum Gasteiger partial charge on any atom is -0.300 e. The minimum atomic E-state index is 0.511. The van der Waals surface area contributed by atoms with Crippen molar-refractivity contribution in [1.82, 2.24) is 4.90 Å². The molecule has 1 aliphatic carbocycles.